The van der Waals surface area contributed by atoms with Gasteiger partial charge in [-0.05, 0) is 48.1 Å². The molecular formula is C27H36N6O6S. The topological polar surface area (TPSA) is 206 Å². The number of nitrogens with two attached hydrogens (primary N) is 2. The molecule has 40 heavy (non-hydrogen) atoms. The molecule has 2 aromatic carbocycles. The van der Waals surface area contributed by atoms with Gasteiger partial charge < -0.3 is 37.8 Å². The van der Waals surface area contributed by atoms with Gasteiger partial charge in [-0.1, -0.05) is 42.5 Å². The van der Waals surface area contributed by atoms with Crippen LogP contribution in [0.3, 0.4) is 0 Å². The Hall–Kier alpha value is -4.10. The van der Waals surface area contributed by atoms with Crippen LogP contribution in [0.25, 0.3) is 0 Å². The molecule has 3 atom stereocenters. The number of nitrogens with one attached hydrogen (secondary N) is 4. The maximum atomic E-state index is 13.0. The number of primary amides is 1. The van der Waals surface area contributed by atoms with Gasteiger partial charge in [-0.25, -0.2) is 0 Å². The van der Waals surface area contributed by atoms with Crippen molar-refractivity contribution >= 4 is 41.3 Å². The van der Waals surface area contributed by atoms with E-state index in [4.69, 9.17) is 11.5 Å². The zero-order valence-corrected chi connectivity index (χ0v) is 23.0. The molecule has 216 valence electrons. The first-order chi connectivity index (χ1) is 19.1. The number of amides is 5. The molecule has 0 bridgehead atoms. The maximum absolute atomic E-state index is 13.0. The number of thioether (sulfide) groups is 1. The first-order valence-corrected chi connectivity index (χ1v) is 14.0. The van der Waals surface area contributed by atoms with E-state index in [1.807, 2.05) is 12.3 Å². The lowest BCUT2D eigenvalue weighted by Gasteiger charge is -2.22. The van der Waals surface area contributed by atoms with Crippen molar-refractivity contribution < 1.29 is 29.1 Å². The zero-order valence-electron chi connectivity index (χ0n) is 22.2. The Kier molecular flexibility index (Phi) is 13.5. The van der Waals surface area contributed by atoms with Crippen LogP contribution in [0.1, 0.15) is 17.5 Å². The van der Waals surface area contributed by atoms with Crippen molar-refractivity contribution in [3.63, 3.8) is 0 Å². The van der Waals surface area contributed by atoms with Crippen molar-refractivity contribution in [2.24, 2.45) is 11.5 Å². The van der Waals surface area contributed by atoms with Crippen LogP contribution in [0.2, 0.25) is 0 Å². The second kappa shape index (κ2) is 16.8. The van der Waals surface area contributed by atoms with E-state index in [1.165, 1.54) is 23.9 Å². The molecular weight excluding hydrogens is 536 g/mol. The molecule has 0 aliphatic carbocycles. The molecule has 0 saturated carbocycles. The molecule has 0 fully saturated rings. The van der Waals surface area contributed by atoms with Gasteiger partial charge in [-0.2, -0.15) is 11.8 Å². The van der Waals surface area contributed by atoms with Crippen LogP contribution < -0.4 is 32.7 Å². The van der Waals surface area contributed by atoms with Gasteiger partial charge in [-0.15, -0.1) is 0 Å². The normalized spacial score (nSPS) is 12.8. The fourth-order valence-electron chi connectivity index (χ4n) is 3.62. The second-order valence-electron chi connectivity index (χ2n) is 9.03. The Balaban J connectivity index is 1.88. The number of aromatic hydroxyl groups is 1. The van der Waals surface area contributed by atoms with E-state index in [1.54, 1.807) is 36.4 Å². The summed E-state index contributed by atoms with van der Waals surface area (Å²) in [6.45, 7) is -0.850. The summed E-state index contributed by atoms with van der Waals surface area (Å²) in [6, 6.07) is 12.4. The van der Waals surface area contributed by atoms with Crippen molar-refractivity contribution in [2.45, 2.75) is 37.4 Å². The Labute approximate surface area is 237 Å². The van der Waals surface area contributed by atoms with E-state index in [0.29, 0.717) is 12.2 Å². The lowest BCUT2D eigenvalue weighted by Crippen LogP contribution is -2.55. The highest BCUT2D eigenvalue weighted by atomic mass is 32.2. The van der Waals surface area contributed by atoms with Gasteiger partial charge in [0.05, 0.1) is 19.1 Å². The molecule has 0 aliphatic heterocycles. The fourth-order valence-corrected chi connectivity index (χ4v) is 4.09. The molecule has 13 heteroatoms. The molecule has 9 N–H and O–H groups in total. The van der Waals surface area contributed by atoms with Gasteiger partial charge >= 0.3 is 0 Å². The van der Waals surface area contributed by atoms with E-state index in [2.05, 4.69) is 21.3 Å². The van der Waals surface area contributed by atoms with Crippen LogP contribution in [-0.2, 0) is 36.8 Å². The van der Waals surface area contributed by atoms with Crippen LogP contribution in [0, 0.1) is 0 Å². The van der Waals surface area contributed by atoms with Gasteiger partial charge in [-0.3, -0.25) is 24.0 Å². The van der Waals surface area contributed by atoms with E-state index >= 15 is 0 Å². The number of phenols is 1. The predicted molar refractivity (Wildman–Crippen MR) is 152 cm³/mol. The number of phenolic OH excluding ortho intramolecular Hbond substituents is 1. The lowest BCUT2D eigenvalue weighted by molar-refractivity contribution is -0.131. The first-order valence-electron chi connectivity index (χ1n) is 12.6. The number of benzene rings is 2. The summed E-state index contributed by atoms with van der Waals surface area (Å²) >= 11 is 1.50. The second-order valence-corrected chi connectivity index (χ2v) is 10.0. The van der Waals surface area contributed by atoms with Crippen molar-refractivity contribution in [1.82, 2.24) is 21.3 Å². The monoisotopic (exact) mass is 572 g/mol. The lowest BCUT2D eigenvalue weighted by atomic mass is 10.0. The van der Waals surface area contributed by atoms with Crippen molar-refractivity contribution in [1.29, 1.82) is 0 Å². The maximum Gasteiger partial charge on any atom is 0.243 e. The van der Waals surface area contributed by atoms with Crippen LogP contribution in [0.15, 0.2) is 54.6 Å². The minimum absolute atomic E-state index is 0.0931. The third kappa shape index (κ3) is 11.7. The molecule has 0 unspecified atom stereocenters. The number of carbonyl (C=O) groups is 5. The summed E-state index contributed by atoms with van der Waals surface area (Å²) in [5, 5.41) is 19.3. The van der Waals surface area contributed by atoms with Crippen molar-refractivity contribution in [3.05, 3.63) is 65.7 Å². The molecule has 2 aromatic rings. The van der Waals surface area contributed by atoms with Gasteiger partial charge in [0.2, 0.25) is 29.5 Å². The van der Waals surface area contributed by atoms with Gasteiger partial charge in [0, 0.05) is 6.42 Å². The highest BCUT2D eigenvalue weighted by molar-refractivity contribution is 7.98. The number of carbonyl (C=O) groups excluding carboxylic acids is 5. The van der Waals surface area contributed by atoms with Crippen LogP contribution in [-0.4, -0.2) is 77.9 Å². The van der Waals surface area contributed by atoms with Gasteiger partial charge in [0.15, 0.2) is 0 Å². The summed E-state index contributed by atoms with van der Waals surface area (Å²) in [7, 11) is 0. The molecule has 0 spiro atoms. The Morgan fingerprint density at radius 3 is 2.05 bits per heavy atom. The average molecular weight is 573 g/mol. The summed E-state index contributed by atoms with van der Waals surface area (Å²) in [5.74, 6) is -2.39. The van der Waals surface area contributed by atoms with E-state index in [-0.39, 0.29) is 18.6 Å². The first kappa shape index (κ1) is 32.1. The average Bonchev–Trinajstić information content (AvgIpc) is 2.93. The Morgan fingerprint density at radius 1 is 0.800 bits per heavy atom. The number of rotatable bonds is 16. The molecule has 0 radical (unpaired) electrons. The Morgan fingerprint density at radius 2 is 1.43 bits per heavy atom. The highest BCUT2D eigenvalue weighted by Gasteiger charge is 2.26. The van der Waals surface area contributed by atoms with E-state index in [0.717, 1.165) is 11.1 Å². The largest absolute Gasteiger partial charge is 0.508 e. The SMILES string of the molecule is CSCC[C@H](NC(=O)[C@@H](Cc1ccccc1)NC(=O)CNC(=O)CNC(=O)[C@H](N)Cc1ccc(O)cc1)C(N)=O. The molecule has 5 amide bonds. The smallest absolute Gasteiger partial charge is 0.243 e. The minimum Gasteiger partial charge on any atom is -0.508 e. The van der Waals surface area contributed by atoms with Gasteiger partial charge in [0.1, 0.15) is 17.8 Å². The fraction of sp³-hybridized carbons (Fsp3) is 0.370. The van der Waals surface area contributed by atoms with Gasteiger partial charge in [0.25, 0.3) is 0 Å². The highest BCUT2D eigenvalue weighted by Crippen LogP contribution is 2.11. The number of hydrogen-bond acceptors (Lipinski definition) is 8. The third-order valence-corrected chi connectivity index (χ3v) is 6.45. The number of hydrogen-bond donors (Lipinski definition) is 7. The quantitative estimate of drug-likeness (QED) is 0.132. The molecule has 0 saturated heterocycles. The minimum atomic E-state index is -1.03. The third-order valence-electron chi connectivity index (χ3n) is 5.80. The van der Waals surface area contributed by atoms with Crippen molar-refractivity contribution in [2.75, 3.05) is 25.1 Å². The molecule has 2 rings (SSSR count). The molecule has 0 aliphatic rings. The molecule has 12 nitrogen and oxygen atoms in total. The predicted octanol–water partition coefficient (Wildman–Crippen LogP) is -1.05. The summed E-state index contributed by atoms with van der Waals surface area (Å²) < 4.78 is 0. The van der Waals surface area contributed by atoms with Crippen LogP contribution >= 0.6 is 11.8 Å². The summed E-state index contributed by atoms with van der Waals surface area (Å²) in [5.41, 5.74) is 12.8. The Bertz CT molecular complexity index is 1150. The standard InChI is InChI=1S/C27H36N6O6S/c1-40-12-11-21(25(29)37)33-27(39)22(14-17-5-3-2-4-6-17)32-24(36)16-30-23(35)15-31-26(38)20(28)13-18-7-9-19(34)10-8-18/h2-10,20-22,34H,11-16,28H2,1H3,(H2,29,37)(H,30,35)(H,31,38)(H,32,36)(H,33,39)/t20-,21+,22-/m1/s1. The summed E-state index contributed by atoms with van der Waals surface area (Å²) in [6.07, 6.45) is 2.56. The van der Waals surface area contributed by atoms with Crippen LogP contribution in [0.5, 0.6) is 5.75 Å². The summed E-state index contributed by atoms with van der Waals surface area (Å²) in [4.78, 5) is 61.8. The zero-order chi connectivity index (χ0) is 29.5. The van der Waals surface area contributed by atoms with E-state index in [9.17, 15) is 29.1 Å². The van der Waals surface area contributed by atoms with E-state index < -0.39 is 60.8 Å². The molecule has 0 aromatic heterocycles. The molecule has 0 heterocycles. The van der Waals surface area contributed by atoms with Crippen molar-refractivity contribution in [3.8, 4) is 5.75 Å². The van der Waals surface area contributed by atoms with Crippen LogP contribution in [0.4, 0.5) is 0 Å².